The molecule has 1 aromatic heterocycles. The molecule has 0 unspecified atom stereocenters. The first-order valence-electron chi connectivity index (χ1n) is 12.1. The summed E-state index contributed by atoms with van der Waals surface area (Å²) < 4.78 is 36.2. The summed E-state index contributed by atoms with van der Waals surface area (Å²) in [4.78, 5) is 18.3. The number of aryl methyl sites for hydroxylation is 2. The molecule has 0 spiro atoms. The van der Waals surface area contributed by atoms with Crippen LogP contribution in [-0.4, -0.2) is 49.5 Å². The lowest BCUT2D eigenvalue weighted by Gasteiger charge is -2.21. The lowest BCUT2D eigenvalue weighted by molar-refractivity contribution is 0.0996. The maximum atomic E-state index is 13.1. The van der Waals surface area contributed by atoms with Gasteiger partial charge in [0.05, 0.1) is 21.7 Å². The molecular formula is C26H35N3O4S2. The second kappa shape index (κ2) is 12.1. The van der Waals surface area contributed by atoms with E-state index in [-0.39, 0.29) is 4.90 Å². The Morgan fingerprint density at radius 1 is 1.06 bits per heavy atom. The predicted octanol–water partition coefficient (Wildman–Crippen LogP) is 4.91. The Bertz CT molecular complexity index is 1330. The fraction of sp³-hybridized carbons (Fsp3) is 0.462. The van der Waals surface area contributed by atoms with E-state index in [0.29, 0.717) is 43.2 Å². The lowest BCUT2D eigenvalue weighted by atomic mass is 10.1. The first-order valence-corrected chi connectivity index (χ1v) is 14.4. The Hall–Kier alpha value is -2.33. The molecule has 0 aliphatic heterocycles. The molecule has 1 heterocycles. The second-order valence-corrected chi connectivity index (χ2v) is 11.4. The Morgan fingerprint density at radius 2 is 1.71 bits per heavy atom. The number of nitrogens with zero attached hydrogens (tertiary/aromatic N) is 3. The van der Waals surface area contributed by atoms with Crippen LogP contribution in [-0.2, 0) is 21.3 Å². The third-order valence-electron chi connectivity index (χ3n) is 5.66. The molecule has 7 nitrogen and oxygen atoms in total. The van der Waals surface area contributed by atoms with Crippen LogP contribution in [0.25, 0.3) is 10.2 Å². The van der Waals surface area contributed by atoms with E-state index >= 15 is 0 Å². The highest BCUT2D eigenvalue weighted by atomic mass is 32.2. The van der Waals surface area contributed by atoms with E-state index in [4.69, 9.17) is 4.74 Å². The fourth-order valence-corrected chi connectivity index (χ4v) is 6.76. The maximum Gasteiger partial charge on any atom is 0.279 e. The number of fused-ring (bicyclic) bond motifs is 1. The number of hydrogen-bond donors (Lipinski definition) is 0. The number of rotatable bonds is 11. The van der Waals surface area contributed by atoms with Gasteiger partial charge in [0.2, 0.25) is 10.0 Å². The van der Waals surface area contributed by atoms with Gasteiger partial charge in [-0.15, -0.1) is 0 Å². The summed E-state index contributed by atoms with van der Waals surface area (Å²) in [7, 11) is -3.60. The number of ether oxygens (including phenoxy) is 1. The van der Waals surface area contributed by atoms with Crippen LogP contribution in [0.3, 0.4) is 0 Å². The second-order valence-electron chi connectivity index (χ2n) is 8.51. The molecular weight excluding hydrogens is 482 g/mol. The smallest absolute Gasteiger partial charge is 0.279 e. The summed E-state index contributed by atoms with van der Waals surface area (Å²) in [6, 6.07) is 10.3. The summed E-state index contributed by atoms with van der Waals surface area (Å²) in [6.45, 7) is 12.7. The van der Waals surface area contributed by atoms with E-state index in [9.17, 15) is 13.2 Å². The fourth-order valence-electron chi connectivity index (χ4n) is 4.04. The van der Waals surface area contributed by atoms with Crippen LogP contribution < -0.4 is 4.80 Å². The van der Waals surface area contributed by atoms with Crippen molar-refractivity contribution in [3.05, 3.63) is 57.9 Å². The minimum Gasteiger partial charge on any atom is -0.380 e. The summed E-state index contributed by atoms with van der Waals surface area (Å²) in [5.41, 5.74) is 3.67. The molecule has 3 rings (SSSR count). The molecule has 2 aromatic carbocycles. The zero-order valence-corrected chi connectivity index (χ0v) is 22.8. The first kappa shape index (κ1) is 27.3. The number of aromatic nitrogens is 1. The molecule has 35 heavy (non-hydrogen) atoms. The molecule has 1 amide bonds. The quantitative estimate of drug-likeness (QED) is 0.339. The highest BCUT2D eigenvalue weighted by Crippen LogP contribution is 2.24. The monoisotopic (exact) mass is 517 g/mol. The Balaban J connectivity index is 1.97. The van der Waals surface area contributed by atoms with Crippen molar-refractivity contribution in [1.82, 2.24) is 8.87 Å². The molecule has 0 radical (unpaired) electrons. The molecule has 0 saturated heterocycles. The van der Waals surface area contributed by atoms with Gasteiger partial charge in [-0.05, 0) is 75.1 Å². The van der Waals surface area contributed by atoms with E-state index < -0.39 is 15.9 Å². The normalized spacial score (nSPS) is 12.7. The average molecular weight is 518 g/mol. The van der Waals surface area contributed by atoms with Gasteiger partial charge in [-0.25, -0.2) is 8.42 Å². The molecule has 0 bridgehead atoms. The van der Waals surface area contributed by atoms with Crippen molar-refractivity contribution in [3.63, 3.8) is 0 Å². The van der Waals surface area contributed by atoms with E-state index in [1.165, 1.54) is 27.8 Å². The number of thiazole rings is 1. The molecule has 9 heteroatoms. The maximum absolute atomic E-state index is 13.1. The van der Waals surface area contributed by atoms with Crippen molar-refractivity contribution < 1.29 is 17.9 Å². The third-order valence-corrected chi connectivity index (χ3v) is 8.80. The van der Waals surface area contributed by atoms with Crippen molar-refractivity contribution in [1.29, 1.82) is 0 Å². The zero-order valence-electron chi connectivity index (χ0n) is 21.2. The largest absolute Gasteiger partial charge is 0.380 e. The molecule has 0 saturated carbocycles. The SMILES string of the molecule is CCCN(CCC)S(=O)(=O)c1ccc(C(=O)N=c2sc3c(C)cc(C)cc3n2CCOCC)cc1. The molecule has 0 N–H and O–H groups in total. The Morgan fingerprint density at radius 3 is 2.31 bits per heavy atom. The van der Waals surface area contributed by atoms with Crippen LogP contribution in [0.5, 0.6) is 0 Å². The van der Waals surface area contributed by atoms with Crippen molar-refractivity contribution in [3.8, 4) is 0 Å². The first-order chi connectivity index (χ1) is 16.7. The average Bonchev–Trinajstić information content (AvgIpc) is 3.16. The minimum atomic E-state index is -3.60. The highest BCUT2D eigenvalue weighted by Gasteiger charge is 2.23. The molecule has 0 aliphatic carbocycles. The van der Waals surface area contributed by atoms with Gasteiger partial charge in [0.15, 0.2) is 4.80 Å². The van der Waals surface area contributed by atoms with E-state index in [1.54, 1.807) is 12.1 Å². The topological polar surface area (TPSA) is 81.0 Å². The Labute approximate surface area is 212 Å². The van der Waals surface area contributed by atoms with Gasteiger partial charge in [0, 0.05) is 31.8 Å². The van der Waals surface area contributed by atoms with Crippen molar-refractivity contribution in [2.24, 2.45) is 4.99 Å². The number of sulfonamides is 1. The number of benzene rings is 2. The van der Waals surface area contributed by atoms with Crippen LogP contribution in [0.2, 0.25) is 0 Å². The van der Waals surface area contributed by atoms with Gasteiger partial charge in [0.1, 0.15) is 0 Å². The van der Waals surface area contributed by atoms with Gasteiger partial charge in [-0.3, -0.25) is 4.79 Å². The van der Waals surface area contributed by atoms with E-state index in [0.717, 1.165) is 34.2 Å². The van der Waals surface area contributed by atoms with Gasteiger partial charge in [-0.2, -0.15) is 9.30 Å². The minimum absolute atomic E-state index is 0.190. The summed E-state index contributed by atoms with van der Waals surface area (Å²) >= 11 is 1.48. The van der Waals surface area contributed by atoms with Crippen LogP contribution in [0.1, 0.15) is 55.1 Å². The number of carbonyl (C=O) groups is 1. The van der Waals surface area contributed by atoms with Gasteiger partial charge < -0.3 is 9.30 Å². The Kier molecular flexibility index (Phi) is 9.40. The number of hydrogen-bond acceptors (Lipinski definition) is 5. The van der Waals surface area contributed by atoms with Crippen molar-refractivity contribution >= 4 is 37.5 Å². The van der Waals surface area contributed by atoms with Gasteiger partial charge in [0.25, 0.3) is 5.91 Å². The van der Waals surface area contributed by atoms with Crippen LogP contribution >= 0.6 is 11.3 Å². The molecule has 190 valence electrons. The lowest BCUT2D eigenvalue weighted by Crippen LogP contribution is -2.32. The summed E-state index contributed by atoms with van der Waals surface area (Å²) in [6.07, 6.45) is 1.48. The number of amides is 1. The van der Waals surface area contributed by atoms with Crippen LogP contribution in [0.4, 0.5) is 0 Å². The van der Waals surface area contributed by atoms with Crippen LogP contribution in [0.15, 0.2) is 46.3 Å². The summed E-state index contributed by atoms with van der Waals surface area (Å²) in [5, 5.41) is 0. The molecule has 0 atom stereocenters. The van der Waals surface area contributed by atoms with E-state index in [1.807, 2.05) is 25.3 Å². The van der Waals surface area contributed by atoms with E-state index in [2.05, 4.69) is 31.0 Å². The predicted molar refractivity (Wildman–Crippen MR) is 141 cm³/mol. The molecule has 0 fully saturated rings. The van der Waals surface area contributed by atoms with Gasteiger partial charge in [-0.1, -0.05) is 31.3 Å². The van der Waals surface area contributed by atoms with Crippen molar-refractivity contribution in [2.45, 2.75) is 58.9 Å². The zero-order chi connectivity index (χ0) is 25.6. The standard InChI is InChI=1S/C26H35N3O4S2/c1-6-13-28(14-7-2)35(31,32)22-11-9-21(10-12-22)25(30)27-26-29(15-16-33-8-3)23-18-19(4)17-20(5)24(23)34-26/h9-12,17-18H,6-8,13-16H2,1-5H3. The number of carbonyl (C=O) groups excluding carboxylic acids is 1. The summed E-state index contributed by atoms with van der Waals surface area (Å²) in [5.74, 6) is -0.404. The highest BCUT2D eigenvalue weighted by molar-refractivity contribution is 7.89. The third kappa shape index (κ3) is 6.27. The molecule has 3 aromatic rings. The molecule has 0 aliphatic rings. The van der Waals surface area contributed by atoms with Crippen LogP contribution in [0, 0.1) is 13.8 Å². The van der Waals surface area contributed by atoms with Gasteiger partial charge >= 0.3 is 0 Å². The van der Waals surface area contributed by atoms with Crippen molar-refractivity contribution in [2.75, 3.05) is 26.3 Å².